The van der Waals surface area contributed by atoms with Crippen LogP contribution >= 0.6 is 24.0 Å². The van der Waals surface area contributed by atoms with Crippen molar-refractivity contribution in [3.63, 3.8) is 0 Å². The van der Waals surface area contributed by atoms with Crippen molar-refractivity contribution in [2.24, 2.45) is 4.99 Å². The molecule has 2 N–H and O–H groups in total. The van der Waals surface area contributed by atoms with E-state index in [2.05, 4.69) is 41.6 Å². The highest BCUT2D eigenvalue weighted by Crippen LogP contribution is 2.22. The average molecular weight is 486 g/mol. The number of hydrogen-bond donors (Lipinski definition) is 2. The number of halogens is 1. The zero-order valence-electron chi connectivity index (χ0n) is 17.0. The molecule has 1 aliphatic rings. The van der Waals surface area contributed by atoms with Gasteiger partial charge in [0.05, 0.1) is 0 Å². The lowest BCUT2D eigenvalue weighted by Crippen LogP contribution is -2.42. The molecular formula is C21H35IN4O. The minimum Gasteiger partial charge on any atom is -0.356 e. The van der Waals surface area contributed by atoms with Crippen LogP contribution in [-0.2, 0) is 17.9 Å². The lowest BCUT2D eigenvalue weighted by atomic mass is 10.1. The molecule has 1 heterocycles. The fraction of sp³-hybridized carbons (Fsp3) is 0.619. The van der Waals surface area contributed by atoms with E-state index in [0.717, 1.165) is 38.4 Å². The number of unbranched alkanes of at least 4 members (excludes halogenated alkanes) is 2. The summed E-state index contributed by atoms with van der Waals surface area (Å²) in [6.07, 6.45) is 6.31. The van der Waals surface area contributed by atoms with Gasteiger partial charge in [0.25, 0.3) is 0 Å². The Bertz CT molecular complexity index is 581. The van der Waals surface area contributed by atoms with Crippen LogP contribution in [0, 0.1) is 0 Å². The van der Waals surface area contributed by atoms with Crippen molar-refractivity contribution < 1.29 is 4.79 Å². The smallest absolute Gasteiger partial charge is 0.223 e. The van der Waals surface area contributed by atoms with Gasteiger partial charge in [-0.25, -0.2) is 0 Å². The minimum absolute atomic E-state index is 0. The molecule has 1 aliphatic heterocycles. The topological polar surface area (TPSA) is 56.7 Å². The molecule has 0 aromatic heterocycles. The Labute approximate surface area is 181 Å². The Morgan fingerprint density at radius 2 is 1.85 bits per heavy atom. The van der Waals surface area contributed by atoms with Gasteiger partial charge in [-0.3, -0.25) is 9.79 Å². The standard InChI is InChI=1S/C21H34N4O.HI/c1-4-5-6-10-17(2)24-21(22-3)23-14-9-13-20(26)25-15-18-11-7-8-12-19(18)16-25;/h7-8,11-12,17H,4-6,9-10,13-16H2,1-3H3,(H2,22,23,24);1H. The molecule has 2 rings (SSSR count). The van der Waals surface area contributed by atoms with Crippen LogP contribution in [0.25, 0.3) is 0 Å². The van der Waals surface area contributed by atoms with E-state index in [1.807, 2.05) is 17.0 Å². The predicted octanol–water partition coefficient (Wildman–Crippen LogP) is 4.06. The molecule has 1 aromatic rings. The molecule has 0 radical (unpaired) electrons. The maximum Gasteiger partial charge on any atom is 0.223 e. The van der Waals surface area contributed by atoms with Crippen LogP contribution in [0.3, 0.4) is 0 Å². The summed E-state index contributed by atoms with van der Waals surface area (Å²) in [4.78, 5) is 18.6. The second-order valence-corrected chi connectivity index (χ2v) is 7.16. The SMILES string of the molecule is CCCCCC(C)NC(=NC)NCCCC(=O)N1Cc2ccccc2C1.I. The molecule has 152 valence electrons. The molecule has 0 saturated heterocycles. The fourth-order valence-electron chi connectivity index (χ4n) is 3.31. The number of carbonyl (C=O) groups excluding carboxylic acids is 1. The normalized spacial score (nSPS) is 14.3. The summed E-state index contributed by atoms with van der Waals surface area (Å²) in [6, 6.07) is 8.72. The van der Waals surface area contributed by atoms with E-state index in [0.29, 0.717) is 12.5 Å². The molecule has 6 heteroatoms. The van der Waals surface area contributed by atoms with E-state index in [1.165, 1.54) is 30.4 Å². The summed E-state index contributed by atoms with van der Waals surface area (Å²) in [5, 5.41) is 6.75. The Balaban J connectivity index is 0.00000364. The lowest BCUT2D eigenvalue weighted by Gasteiger charge is -2.18. The lowest BCUT2D eigenvalue weighted by molar-refractivity contribution is -0.131. The third-order valence-electron chi connectivity index (χ3n) is 4.90. The minimum atomic E-state index is 0. The molecule has 1 atom stereocenters. The first-order chi connectivity index (χ1) is 12.6. The van der Waals surface area contributed by atoms with Gasteiger partial charge in [-0.05, 0) is 30.9 Å². The Morgan fingerprint density at radius 1 is 1.19 bits per heavy atom. The van der Waals surface area contributed by atoms with E-state index in [4.69, 9.17) is 0 Å². The molecule has 0 spiro atoms. The van der Waals surface area contributed by atoms with E-state index in [1.54, 1.807) is 7.05 Å². The molecule has 1 amide bonds. The highest BCUT2D eigenvalue weighted by molar-refractivity contribution is 14.0. The number of benzene rings is 1. The number of rotatable bonds is 9. The second-order valence-electron chi connectivity index (χ2n) is 7.16. The number of nitrogens with zero attached hydrogens (tertiary/aromatic N) is 2. The van der Waals surface area contributed by atoms with Crippen LogP contribution in [0.4, 0.5) is 0 Å². The molecular weight excluding hydrogens is 451 g/mol. The summed E-state index contributed by atoms with van der Waals surface area (Å²) in [5.74, 6) is 1.06. The summed E-state index contributed by atoms with van der Waals surface area (Å²) in [6.45, 7) is 6.67. The number of fused-ring (bicyclic) bond motifs is 1. The molecule has 1 aromatic carbocycles. The molecule has 0 bridgehead atoms. The van der Waals surface area contributed by atoms with E-state index >= 15 is 0 Å². The number of carbonyl (C=O) groups is 1. The van der Waals surface area contributed by atoms with Gasteiger partial charge < -0.3 is 15.5 Å². The maximum atomic E-state index is 12.4. The van der Waals surface area contributed by atoms with Crippen LogP contribution < -0.4 is 10.6 Å². The number of amides is 1. The van der Waals surface area contributed by atoms with Crippen LogP contribution in [0.2, 0.25) is 0 Å². The highest BCUT2D eigenvalue weighted by atomic mass is 127. The van der Waals surface area contributed by atoms with Crippen LogP contribution in [0.1, 0.15) is 63.5 Å². The Hall–Kier alpha value is -1.31. The third kappa shape index (κ3) is 8.07. The van der Waals surface area contributed by atoms with Crippen molar-refractivity contribution in [1.82, 2.24) is 15.5 Å². The number of nitrogens with one attached hydrogen (secondary N) is 2. The number of aliphatic imine (C=N–C) groups is 1. The molecule has 5 nitrogen and oxygen atoms in total. The Morgan fingerprint density at radius 3 is 2.44 bits per heavy atom. The highest BCUT2D eigenvalue weighted by Gasteiger charge is 2.22. The largest absolute Gasteiger partial charge is 0.356 e. The first-order valence-electron chi connectivity index (χ1n) is 9.95. The fourth-order valence-corrected chi connectivity index (χ4v) is 3.31. The van der Waals surface area contributed by atoms with E-state index in [9.17, 15) is 4.79 Å². The molecule has 0 saturated carbocycles. The van der Waals surface area contributed by atoms with Gasteiger partial charge in [0.1, 0.15) is 0 Å². The molecule has 0 fully saturated rings. The van der Waals surface area contributed by atoms with Crippen LogP contribution in [-0.4, -0.2) is 36.4 Å². The first kappa shape index (κ1) is 23.7. The van der Waals surface area contributed by atoms with Gasteiger partial charge in [0, 0.05) is 39.1 Å². The van der Waals surface area contributed by atoms with Gasteiger partial charge in [-0.2, -0.15) is 0 Å². The van der Waals surface area contributed by atoms with Gasteiger partial charge >= 0.3 is 0 Å². The number of guanidine groups is 1. The summed E-state index contributed by atoms with van der Waals surface area (Å²) < 4.78 is 0. The third-order valence-corrected chi connectivity index (χ3v) is 4.90. The monoisotopic (exact) mass is 486 g/mol. The van der Waals surface area contributed by atoms with Crippen molar-refractivity contribution in [1.29, 1.82) is 0 Å². The van der Waals surface area contributed by atoms with Gasteiger partial charge in [0.2, 0.25) is 5.91 Å². The Kier molecular flexibility index (Phi) is 11.4. The van der Waals surface area contributed by atoms with Crippen LogP contribution in [0.15, 0.2) is 29.3 Å². The van der Waals surface area contributed by atoms with Gasteiger partial charge in [-0.15, -0.1) is 24.0 Å². The van der Waals surface area contributed by atoms with Gasteiger partial charge in [0.15, 0.2) is 5.96 Å². The predicted molar refractivity (Wildman–Crippen MR) is 123 cm³/mol. The number of hydrogen-bond acceptors (Lipinski definition) is 2. The summed E-state index contributed by atoms with van der Waals surface area (Å²) in [7, 11) is 1.79. The van der Waals surface area contributed by atoms with E-state index in [-0.39, 0.29) is 29.9 Å². The maximum absolute atomic E-state index is 12.4. The van der Waals surface area contributed by atoms with Gasteiger partial charge in [-0.1, -0.05) is 50.5 Å². The second kappa shape index (κ2) is 13.0. The van der Waals surface area contributed by atoms with Crippen LogP contribution in [0.5, 0.6) is 0 Å². The van der Waals surface area contributed by atoms with Crippen molar-refractivity contribution >= 4 is 35.8 Å². The van der Waals surface area contributed by atoms with Crippen molar-refractivity contribution in [2.45, 2.75) is 71.5 Å². The van der Waals surface area contributed by atoms with Crippen molar-refractivity contribution in [3.05, 3.63) is 35.4 Å². The molecule has 0 aliphatic carbocycles. The first-order valence-corrected chi connectivity index (χ1v) is 9.95. The van der Waals surface area contributed by atoms with Crippen molar-refractivity contribution in [3.8, 4) is 0 Å². The average Bonchev–Trinajstić information content (AvgIpc) is 3.08. The zero-order valence-corrected chi connectivity index (χ0v) is 19.3. The van der Waals surface area contributed by atoms with Crippen molar-refractivity contribution in [2.75, 3.05) is 13.6 Å². The summed E-state index contributed by atoms with van der Waals surface area (Å²) in [5.41, 5.74) is 2.56. The van der Waals surface area contributed by atoms with E-state index < -0.39 is 0 Å². The molecule has 27 heavy (non-hydrogen) atoms. The zero-order chi connectivity index (χ0) is 18.8. The quantitative estimate of drug-likeness (QED) is 0.240. The molecule has 1 unspecified atom stereocenters. The summed E-state index contributed by atoms with van der Waals surface area (Å²) >= 11 is 0.